The van der Waals surface area contributed by atoms with E-state index < -0.39 is 14.9 Å². The number of carbonyl (C=O) groups is 1. The molecule has 0 aliphatic carbocycles. The van der Waals surface area contributed by atoms with Crippen molar-refractivity contribution in [3.63, 3.8) is 0 Å². The molecule has 0 atom stereocenters. The van der Waals surface area contributed by atoms with Gasteiger partial charge in [0.1, 0.15) is 5.69 Å². The summed E-state index contributed by atoms with van der Waals surface area (Å²) in [5, 5.41) is 14.8. The van der Waals surface area contributed by atoms with E-state index in [2.05, 4.69) is 5.32 Å². The SMILES string of the molecule is CCCS(=O)(=O)N1CCC(Nc2ccc(C(=O)c3ccccc3)cc2[N+](=O)[O-])CC1. The normalized spacial score (nSPS) is 15.6. The first kappa shape index (κ1) is 21.9. The predicted molar refractivity (Wildman–Crippen MR) is 115 cm³/mol. The van der Waals surface area contributed by atoms with Gasteiger partial charge in [-0.05, 0) is 31.4 Å². The molecule has 0 radical (unpaired) electrons. The van der Waals surface area contributed by atoms with Crippen molar-refractivity contribution < 1.29 is 18.1 Å². The van der Waals surface area contributed by atoms with Crippen molar-refractivity contribution in [3.8, 4) is 0 Å². The average molecular weight is 432 g/mol. The summed E-state index contributed by atoms with van der Waals surface area (Å²) in [4.78, 5) is 23.7. The van der Waals surface area contributed by atoms with E-state index in [0.717, 1.165) is 0 Å². The molecular formula is C21H25N3O5S. The molecule has 0 bridgehead atoms. The summed E-state index contributed by atoms with van der Waals surface area (Å²) in [7, 11) is -3.23. The minimum absolute atomic E-state index is 0.0764. The van der Waals surface area contributed by atoms with E-state index in [-0.39, 0.29) is 28.8 Å². The Kier molecular flexibility index (Phi) is 6.84. The molecule has 0 unspecified atom stereocenters. The summed E-state index contributed by atoms with van der Waals surface area (Å²) in [6.45, 7) is 2.61. The van der Waals surface area contributed by atoms with Crippen molar-refractivity contribution in [3.05, 3.63) is 69.8 Å². The van der Waals surface area contributed by atoms with Gasteiger partial charge in [-0.25, -0.2) is 12.7 Å². The third kappa shape index (κ3) is 5.03. The number of nitro benzene ring substituents is 1. The molecule has 8 nitrogen and oxygen atoms in total. The lowest BCUT2D eigenvalue weighted by molar-refractivity contribution is -0.384. The van der Waals surface area contributed by atoms with Gasteiger partial charge in [-0.2, -0.15) is 0 Å². The molecule has 2 aromatic carbocycles. The Morgan fingerprint density at radius 1 is 1.13 bits per heavy atom. The number of piperidine rings is 1. The number of nitrogens with zero attached hydrogens (tertiary/aromatic N) is 2. The maximum atomic E-state index is 12.6. The number of sulfonamides is 1. The molecule has 2 aromatic rings. The van der Waals surface area contributed by atoms with Gasteiger partial charge < -0.3 is 5.32 Å². The maximum absolute atomic E-state index is 12.6. The fourth-order valence-electron chi connectivity index (χ4n) is 3.59. The minimum atomic E-state index is -3.23. The fraction of sp³-hybridized carbons (Fsp3) is 0.381. The van der Waals surface area contributed by atoms with Gasteiger partial charge in [0.25, 0.3) is 5.69 Å². The van der Waals surface area contributed by atoms with E-state index in [1.807, 2.05) is 6.92 Å². The second-order valence-corrected chi connectivity index (χ2v) is 9.41. The first-order chi connectivity index (χ1) is 14.3. The second kappa shape index (κ2) is 9.36. The van der Waals surface area contributed by atoms with Crippen LogP contribution in [0.4, 0.5) is 11.4 Å². The number of ketones is 1. The maximum Gasteiger partial charge on any atom is 0.293 e. The summed E-state index contributed by atoms with van der Waals surface area (Å²) in [6, 6.07) is 13.0. The number of anilines is 1. The smallest absolute Gasteiger partial charge is 0.293 e. The van der Waals surface area contributed by atoms with Crippen molar-refractivity contribution in [2.24, 2.45) is 0 Å². The Bertz CT molecular complexity index is 1020. The third-order valence-electron chi connectivity index (χ3n) is 5.16. The Morgan fingerprint density at radius 2 is 1.80 bits per heavy atom. The molecular weight excluding hydrogens is 406 g/mol. The van der Waals surface area contributed by atoms with Crippen LogP contribution in [0.15, 0.2) is 48.5 Å². The van der Waals surface area contributed by atoms with Crippen molar-refractivity contribution in [1.82, 2.24) is 4.31 Å². The van der Waals surface area contributed by atoms with Gasteiger partial charge in [-0.3, -0.25) is 14.9 Å². The third-order valence-corrected chi connectivity index (χ3v) is 7.24. The highest BCUT2D eigenvalue weighted by atomic mass is 32.2. The van der Waals surface area contributed by atoms with Crippen molar-refractivity contribution in [2.45, 2.75) is 32.2 Å². The second-order valence-electron chi connectivity index (χ2n) is 7.32. The van der Waals surface area contributed by atoms with Crippen LogP contribution in [0.1, 0.15) is 42.1 Å². The molecule has 1 fully saturated rings. The van der Waals surface area contributed by atoms with Crippen molar-refractivity contribution in [2.75, 3.05) is 24.2 Å². The van der Waals surface area contributed by atoms with Crippen LogP contribution in [0.25, 0.3) is 0 Å². The van der Waals surface area contributed by atoms with Crippen molar-refractivity contribution in [1.29, 1.82) is 0 Å². The molecule has 9 heteroatoms. The number of hydrogen-bond acceptors (Lipinski definition) is 6. The first-order valence-electron chi connectivity index (χ1n) is 9.94. The van der Waals surface area contributed by atoms with E-state index in [4.69, 9.17) is 0 Å². The van der Waals surface area contributed by atoms with Gasteiger partial charge in [-0.1, -0.05) is 37.3 Å². The topological polar surface area (TPSA) is 110 Å². The van der Waals surface area contributed by atoms with Crippen molar-refractivity contribution >= 4 is 27.2 Å². The van der Waals surface area contributed by atoms with Crippen LogP contribution in [0.3, 0.4) is 0 Å². The standard InChI is InChI=1S/C21H25N3O5S/c1-2-14-30(28,29)23-12-10-18(11-13-23)22-19-9-8-17(15-20(19)24(26)27)21(25)16-6-4-3-5-7-16/h3-9,15,18,22H,2,10-14H2,1H3. The Labute approximate surface area is 176 Å². The summed E-state index contributed by atoms with van der Waals surface area (Å²) in [5.41, 5.74) is 0.879. The highest BCUT2D eigenvalue weighted by Gasteiger charge is 2.28. The number of nitro groups is 1. The largest absolute Gasteiger partial charge is 0.377 e. The Balaban J connectivity index is 1.73. The lowest BCUT2D eigenvalue weighted by Gasteiger charge is -2.32. The van der Waals surface area contributed by atoms with Gasteiger partial charge in [-0.15, -0.1) is 0 Å². The number of benzene rings is 2. The van der Waals surface area contributed by atoms with E-state index in [1.54, 1.807) is 42.5 Å². The zero-order valence-corrected chi connectivity index (χ0v) is 17.6. The van der Waals surface area contributed by atoms with Crippen LogP contribution in [-0.4, -0.2) is 48.3 Å². The lowest BCUT2D eigenvalue weighted by atomic mass is 10.0. The summed E-state index contributed by atoms with van der Waals surface area (Å²) >= 11 is 0. The van der Waals surface area contributed by atoms with Crippen LogP contribution in [0.5, 0.6) is 0 Å². The average Bonchev–Trinajstić information content (AvgIpc) is 2.74. The number of carbonyl (C=O) groups excluding carboxylic acids is 1. The molecule has 1 aliphatic heterocycles. The lowest BCUT2D eigenvalue weighted by Crippen LogP contribution is -2.43. The molecule has 3 rings (SSSR count). The molecule has 0 amide bonds. The molecule has 0 saturated carbocycles. The molecule has 0 spiro atoms. The summed E-state index contributed by atoms with van der Waals surface area (Å²) < 4.78 is 25.9. The molecule has 1 heterocycles. The monoisotopic (exact) mass is 431 g/mol. The molecule has 0 aromatic heterocycles. The highest BCUT2D eigenvalue weighted by Crippen LogP contribution is 2.29. The Hall–Kier alpha value is -2.78. The van der Waals surface area contributed by atoms with Gasteiger partial charge in [0.2, 0.25) is 10.0 Å². The van der Waals surface area contributed by atoms with E-state index >= 15 is 0 Å². The van der Waals surface area contributed by atoms with E-state index in [1.165, 1.54) is 10.4 Å². The number of nitrogens with one attached hydrogen (secondary N) is 1. The number of hydrogen-bond donors (Lipinski definition) is 1. The zero-order valence-electron chi connectivity index (χ0n) is 16.8. The van der Waals surface area contributed by atoms with Crippen LogP contribution in [0, 0.1) is 10.1 Å². The van der Waals surface area contributed by atoms with Gasteiger partial charge in [0.15, 0.2) is 5.78 Å². The summed E-state index contributed by atoms with van der Waals surface area (Å²) in [5.74, 6) is -0.146. The number of rotatable bonds is 8. The van der Waals surface area contributed by atoms with E-state index in [0.29, 0.717) is 43.6 Å². The quantitative estimate of drug-likeness (QED) is 0.389. The van der Waals surface area contributed by atoms with E-state index in [9.17, 15) is 23.3 Å². The van der Waals surface area contributed by atoms with Crippen LogP contribution < -0.4 is 5.32 Å². The Morgan fingerprint density at radius 3 is 2.40 bits per heavy atom. The zero-order chi connectivity index (χ0) is 21.7. The molecule has 1 N–H and O–H groups in total. The molecule has 30 heavy (non-hydrogen) atoms. The fourth-order valence-corrected chi connectivity index (χ4v) is 5.13. The summed E-state index contributed by atoms with van der Waals surface area (Å²) in [6.07, 6.45) is 1.69. The first-order valence-corrected chi connectivity index (χ1v) is 11.6. The van der Waals surface area contributed by atoms with Gasteiger partial charge >= 0.3 is 0 Å². The molecule has 1 saturated heterocycles. The van der Waals surface area contributed by atoms with Gasteiger partial charge in [0.05, 0.1) is 10.7 Å². The minimum Gasteiger partial charge on any atom is -0.377 e. The molecule has 1 aliphatic rings. The highest BCUT2D eigenvalue weighted by molar-refractivity contribution is 7.89. The van der Waals surface area contributed by atoms with Gasteiger partial charge in [0, 0.05) is 36.3 Å². The molecule has 160 valence electrons. The van der Waals surface area contributed by atoms with Crippen LogP contribution in [-0.2, 0) is 10.0 Å². The van der Waals surface area contributed by atoms with Crippen LogP contribution in [0.2, 0.25) is 0 Å². The van der Waals surface area contributed by atoms with Crippen LogP contribution >= 0.6 is 0 Å². The predicted octanol–water partition coefficient (Wildman–Crippen LogP) is 3.44.